The lowest BCUT2D eigenvalue weighted by Crippen LogP contribution is -2.42. The fourth-order valence-corrected chi connectivity index (χ4v) is 5.85. The summed E-state index contributed by atoms with van der Waals surface area (Å²) in [5.74, 6) is 3.12. The Morgan fingerprint density at radius 3 is 2.33 bits per heavy atom. The van der Waals surface area contributed by atoms with Crippen molar-refractivity contribution in [1.29, 1.82) is 0 Å². The molecule has 18 heavy (non-hydrogen) atoms. The Morgan fingerprint density at radius 2 is 1.78 bits per heavy atom. The summed E-state index contributed by atoms with van der Waals surface area (Å²) in [6, 6.07) is 0. The molecule has 0 saturated heterocycles. The van der Waals surface area contributed by atoms with E-state index in [0.29, 0.717) is 16.7 Å². The Labute approximate surface area is 112 Å². The molecule has 1 nitrogen and oxygen atoms in total. The predicted octanol–water partition coefficient (Wildman–Crippen LogP) is 4.25. The van der Waals surface area contributed by atoms with Crippen molar-refractivity contribution in [3.63, 3.8) is 0 Å². The number of fused-ring (bicyclic) bond motifs is 2. The van der Waals surface area contributed by atoms with Crippen LogP contribution in [0.1, 0.15) is 66.2 Å². The van der Waals surface area contributed by atoms with E-state index in [2.05, 4.69) is 27.7 Å². The van der Waals surface area contributed by atoms with Crippen LogP contribution in [0.2, 0.25) is 0 Å². The van der Waals surface area contributed by atoms with Gasteiger partial charge in [0.15, 0.2) is 0 Å². The van der Waals surface area contributed by atoms with Gasteiger partial charge in [0.25, 0.3) is 0 Å². The first kappa shape index (κ1) is 13.0. The lowest BCUT2D eigenvalue weighted by atomic mass is 9.59. The van der Waals surface area contributed by atoms with E-state index in [1.54, 1.807) is 0 Å². The van der Waals surface area contributed by atoms with Crippen LogP contribution < -0.4 is 0 Å². The molecule has 0 spiro atoms. The molecule has 104 valence electrons. The van der Waals surface area contributed by atoms with Crippen LogP contribution in [0.25, 0.3) is 0 Å². The quantitative estimate of drug-likeness (QED) is 0.738. The molecule has 0 aromatic heterocycles. The molecule has 1 heteroatoms. The van der Waals surface area contributed by atoms with Crippen molar-refractivity contribution in [1.82, 2.24) is 0 Å². The Balaban J connectivity index is 1.86. The van der Waals surface area contributed by atoms with Gasteiger partial charge in [0, 0.05) is 0 Å². The molecule has 0 aromatic rings. The maximum absolute atomic E-state index is 10.2. The average molecular weight is 250 g/mol. The van der Waals surface area contributed by atoms with Gasteiger partial charge in [-0.3, -0.25) is 0 Å². The van der Waals surface area contributed by atoms with Crippen molar-refractivity contribution in [2.45, 2.75) is 72.3 Å². The molecule has 6 atom stereocenters. The maximum atomic E-state index is 10.2. The molecule has 0 heterocycles. The van der Waals surface area contributed by atoms with Crippen molar-refractivity contribution < 1.29 is 5.11 Å². The van der Waals surface area contributed by atoms with Gasteiger partial charge in [-0.25, -0.2) is 0 Å². The Bertz CT molecular complexity index is 335. The molecule has 0 aromatic carbocycles. The molecular formula is C17H30O. The molecule has 3 saturated carbocycles. The molecule has 0 amide bonds. The minimum Gasteiger partial charge on any atom is -0.393 e. The summed E-state index contributed by atoms with van der Waals surface area (Å²) < 4.78 is 0. The minimum absolute atomic E-state index is 0.0328. The monoisotopic (exact) mass is 250 g/mol. The van der Waals surface area contributed by atoms with E-state index >= 15 is 0 Å². The van der Waals surface area contributed by atoms with Crippen LogP contribution in [0, 0.1) is 34.5 Å². The van der Waals surface area contributed by atoms with Gasteiger partial charge in [-0.1, -0.05) is 34.1 Å². The Morgan fingerprint density at radius 1 is 1.06 bits per heavy atom. The van der Waals surface area contributed by atoms with E-state index in [1.165, 1.54) is 32.1 Å². The van der Waals surface area contributed by atoms with Crippen molar-refractivity contribution in [3.05, 3.63) is 0 Å². The summed E-state index contributed by atoms with van der Waals surface area (Å²) in [6.45, 7) is 9.87. The van der Waals surface area contributed by atoms with Gasteiger partial charge in [-0.05, 0) is 66.6 Å². The third kappa shape index (κ3) is 1.49. The summed E-state index contributed by atoms with van der Waals surface area (Å²) in [5.41, 5.74) is 1.06. The molecule has 0 aliphatic heterocycles. The summed E-state index contributed by atoms with van der Waals surface area (Å²) in [7, 11) is 0. The minimum atomic E-state index is -0.0328. The van der Waals surface area contributed by atoms with Gasteiger partial charge in [0.1, 0.15) is 0 Å². The van der Waals surface area contributed by atoms with Crippen LogP contribution in [0.4, 0.5) is 0 Å². The summed E-state index contributed by atoms with van der Waals surface area (Å²) in [6.07, 6.45) is 7.92. The maximum Gasteiger partial charge on any atom is 0.0568 e. The first-order chi connectivity index (χ1) is 8.38. The zero-order chi connectivity index (χ0) is 13.1. The van der Waals surface area contributed by atoms with Crippen LogP contribution in [0.15, 0.2) is 0 Å². The summed E-state index contributed by atoms with van der Waals surface area (Å²) in [5, 5.41) is 10.2. The standard InChI is InChI=1S/C17H30O/c1-11-13(6-5-7-15(11)18)14-10-12-8-9-17(14,4)16(12,2)3/h11-15,18H,5-10H2,1-4H3/t11?,12-,13?,14+,15?,17+/m0/s1. The predicted molar refractivity (Wildman–Crippen MR) is 75.2 cm³/mol. The third-order valence-corrected chi connectivity index (χ3v) is 7.70. The zero-order valence-electron chi connectivity index (χ0n) is 12.6. The molecular weight excluding hydrogens is 220 g/mol. The first-order valence-electron chi connectivity index (χ1n) is 8.06. The second-order valence-corrected chi connectivity index (χ2v) is 8.24. The number of hydrogen-bond donors (Lipinski definition) is 1. The van der Waals surface area contributed by atoms with Crippen LogP contribution in [0.5, 0.6) is 0 Å². The van der Waals surface area contributed by atoms with Gasteiger partial charge >= 0.3 is 0 Å². The zero-order valence-corrected chi connectivity index (χ0v) is 12.6. The largest absolute Gasteiger partial charge is 0.393 e. The van der Waals surface area contributed by atoms with E-state index in [9.17, 15) is 5.11 Å². The van der Waals surface area contributed by atoms with Crippen LogP contribution >= 0.6 is 0 Å². The summed E-state index contributed by atoms with van der Waals surface area (Å²) in [4.78, 5) is 0. The highest BCUT2D eigenvalue weighted by Crippen LogP contribution is 2.70. The highest BCUT2D eigenvalue weighted by molar-refractivity contribution is 5.12. The van der Waals surface area contributed by atoms with Crippen molar-refractivity contribution in [2.75, 3.05) is 0 Å². The van der Waals surface area contributed by atoms with Crippen LogP contribution in [-0.4, -0.2) is 11.2 Å². The van der Waals surface area contributed by atoms with Crippen molar-refractivity contribution >= 4 is 0 Å². The van der Waals surface area contributed by atoms with E-state index in [1.807, 2.05) is 0 Å². The van der Waals surface area contributed by atoms with E-state index < -0.39 is 0 Å². The van der Waals surface area contributed by atoms with E-state index in [-0.39, 0.29) is 6.10 Å². The Hall–Kier alpha value is -0.0400. The number of hydrogen-bond acceptors (Lipinski definition) is 1. The molecule has 2 bridgehead atoms. The Kier molecular flexibility index (Phi) is 2.86. The first-order valence-corrected chi connectivity index (χ1v) is 8.06. The molecule has 3 aliphatic carbocycles. The number of rotatable bonds is 1. The summed E-state index contributed by atoms with van der Waals surface area (Å²) >= 11 is 0. The molecule has 0 radical (unpaired) electrons. The molecule has 3 aliphatic rings. The number of aliphatic hydroxyl groups excluding tert-OH is 1. The average Bonchev–Trinajstić information content (AvgIpc) is 2.65. The van der Waals surface area contributed by atoms with Crippen molar-refractivity contribution in [2.24, 2.45) is 34.5 Å². The topological polar surface area (TPSA) is 20.2 Å². The molecule has 3 fully saturated rings. The van der Waals surface area contributed by atoms with Gasteiger partial charge in [-0.15, -0.1) is 0 Å². The van der Waals surface area contributed by atoms with Gasteiger partial charge in [0.05, 0.1) is 6.10 Å². The van der Waals surface area contributed by atoms with Gasteiger partial charge < -0.3 is 5.11 Å². The second-order valence-electron chi connectivity index (χ2n) is 8.24. The third-order valence-electron chi connectivity index (χ3n) is 7.70. The fourth-order valence-electron chi connectivity index (χ4n) is 5.85. The van der Waals surface area contributed by atoms with E-state index in [4.69, 9.17) is 0 Å². The van der Waals surface area contributed by atoms with Crippen molar-refractivity contribution in [3.8, 4) is 0 Å². The normalized spacial score (nSPS) is 54.8. The highest BCUT2D eigenvalue weighted by Gasteiger charge is 2.63. The van der Waals surface area contributed by atoms with Crippen LogP contribution in [-0.2, 0) is 0 Å². The molecule has 3 unspecified atom stereocenters. The molecule has 3 rings (SSSR count). The highest BCUT2D eigenvalue weighted by atomic mass is 16.3. The fraction of sp³-hybridized carbons (Fsp3) is 1.00. The smallest absolute Gasteiger partial charge is 0.0568 e. The van der Waals surface area contributed by atoms with Gasteiger partial charge in [-0.2, -0.15) is 0 Å². The molecule has 1 N–H and O–H groups in total. The lowest BCUT2D eigenvalue weighted by molar-refractivity contribution is -0.0242. The van der Waals surface area contributed by atoms with E-state index in [0.717, 1.165) is 24.2 Å². The van der Waals surface area contributed by atoms with Gasteiger partial charge in [0.2, 0.25) is 0 Å². The number of aliphatic hydroxyl groups is 1. The second kappa shape index (κ2) is 3.98. The lowest BCUT2D eigenvalue weighted by Gasteiger charge is -2.47. The SMILES string of the molecule is CC1C(O)CCCC1[C@H]1C[C@@H]2CC[C@@]1(C)C2(C)C. The van der Waals surface area contributed by atoms with Crippen LogP contribution in [0.3, 0.4) is 0 Å².